The molecule has 4 aromatic rings. The highest BCUT2D eigenvalue weighted by Crippen LogP contribution is 2.45. The molecule has 2 fully saturated rings. The maximum atomic E-state index is 7.03. The number of aryl methyl sites for hydroxylation is 2. The molecular formula is C33H37ClN6S. The fourth-order valence-corrected chi connectivity index (χ4v) is 7.43. The number of piperidine rings is 1. The van der Waals surface area contributed by atoms with Crippen molar-refractivity contribution >= 4 is 40.3 Å². The number of halogens is 1. The Morgan fingerprint density at radius 1 is 0.927 bits per heavy atom. The minimum absolute atomic E-state index is 0.126. The van der Waals surface area contributed by atoms with E-state index in [0.717, 1.165) is 52.4 Å². The van der Waals surface area contributed by atoms with Gasteiger partial charge in [-0.25, -0.2) is 4.98 Å². The summed E-state index contributed by atoms with van der Waals surface area (Å²) in [5, 5.41) is 5.01. The Morgan fingerprint density at radius 3 is 2.39 bits per heavy atom. The van der Waals surface area contributed by atoms with Crippen LogP contribution in [0, 0.1) is 32.6 Å². The SMILES string of the molecule is Cc1ccnc(-n2c(C)cc([C@@H]3[C@H](c4ccccn4)NC(=S)N3c3ccc(N4C[C@H](C)C[C@H](C)C4)c(Cl)c3)c2C)c1. The van der Waals surface area contributed by atoms with E-state index in [0.29, 0.717) is 16.9 Å². The van der Waals surface area contributed by atoms with Crippen molar-refractivity contribution in [3.63, 3.8) is 0 Å². The second-order valence-electron chi connectivity index (χ2n) is 11.8. The predicted molar refractivity (Wildman–Crippen MR) is 172 cm³/mol. The van der Waals surface area contributed by atoms with E-state index in [4.69, 9.17) is 33.8 Å². The van der Waals surface area contributed by atoms with Gasteiger partial charge in [-0.2, -0.15) is 0 Å². The van der Waals surface area contributed by atoms with Crippen molar-refractivity contribution in [3.8, 4) is 5.82 Å². The molecule has 1 N–H and O–H groups in total. The molecule has 0 aliphatic carbocycles. The van der Waals surface area contributed by atoms with E-state index in [1.165, 1.54) is 17.5 Å². The summed E-state index contributed by atoms with van der Waals surface area (Å²) in [7, 11) is 0. The molecule has 0 unspecified atom stereocenters. The van der Waals surface area contributed by atoms with Crippen molar-refractivity contribution in [2.24, 2.45) is 11.8 Å². The molecule has 2 saturated heterocycles. The molecule has 2 aliphatic rings. The molecule has 8 heteroatoms. The minimum atomic E-state index is -0.134. The van der Waals surface area contributed by atoms with Crippen molar-refractivity contribution in [2.45, 2.75) is 53.1 Å². The number of benzene rings is 1. The van der Waals surface area contributed by atoms with Gasteiger partial charge < -0.3 is 19.7 Å². The van der Waals surface area contributed by atoms with Crippen LogP contribution in [0.15, 0.2) is 67.0 Å². The second kappa shape index (κ2) is 11.1. The first-order valence-electron chi connectivity index (χ1n) is 14.4. The third kappa shape index (κ3) is 5.22. The molecule has 2 aliphatic heterocycles. The summed E-state index contributed by atoms with van der Waals surface area (Å²) in [6.45, 7) is 13.1. The molecule has 0 saturated carbocycles. The van der Waals surface area contributed by atoms with Crippen LogP contribution in [0.25, 0.3) is 5.82 Å². The highest BCUT2D eigenvalue weighted by Gasteiger charge is 2.42. The summed E-state index contributed by atoms with van der Waals surface area (Å²) >= 11 is 13.0. The van der Waals surface area contributed by atoms with Crippen LogP contribution in [0.3, 0.4) is 0 Å². The van der Waals surface area contributed by atoms with Crippen molar-refractivity contribution in [1.82, 2.24) is 19.9 Å². The molecule has 4 atom stereocenters. The van der Waals surface area contributed by atoms with Gasteiger partial charge in [-0.15, -0.1) is 0 Å². The molecule has 0 spiro atoms. The third-order valence-electron chi connectivity index (χ3n) is 8.44. The van der Waals surface area contributed by atoms with Crippen LogP contribution in [-0.4, -0.2) is 32.7 Å². The van der Waals surface area contributed by atoms with E-state index in [2.05, 4.69) is 90.7 Å². The number of nitrogens with one attached hydrogen (secondary N) is 1. The molecule has 0 radical (unpaired) electrons. The Kier molecular flexibility index (Phi) is 7.51. The number of aromatic nitrogens is 3. The standard InChI is InChI=1S/C33H37ClN6S/c1-20-11-13-36-30(15-20)39-23(4)16-26(24(39)5)32-31(28-8-6-7-12-35-28)37-33(41)40(32)25-9-10-29(27(34)17-25)38-18-21(2)14-22(3)19-38/h6-13,15-17,21-22,31-32H,14,18-19H2,1-5H3,(H,37,41)/t21-,22+,31-,32+/m0/s1. The number of hydrogen-bond donors (Lipinski definition) is 1. The number of nitrogens with zero attached hydrogens (tertiary/aromatic N) is 5. The van der Waals surface area contributed by atoms with Crippen LogP contribution < -0.4 is 15.1 Å². The first-order valence-corrected chi connectivity index (χ1v) is 15.2. The fourth-order valence-electron chi connectivity index (χ4n) is 6.79. The number of thiocarbonyl (C=S) groups is 1. The van der Waals surface area contributed by atoms with Gasteiger partial charge in [0.2, 0.25) is 0 Å². The molecule has 212 valence electrons. The maximum Gasteiger partial charge on any atom is 0.174 e. The second-order valence-corrected chi connectivity index (χ2v) is 12.6. The number of pyridine rings is 2. The average molecular weight is 585 g/mol. The van der Waals surface area contributed by atoms with Gasteiger partial charge in [-0.05, 0) is 111 Å². The van der Waals surface area contributed by atoms with Crippen molar-refractivity contribution in [1.29, 1.82) is 0 Å². The highest BCUT2D eigenvalue weighted by molar-refractivity contribution is 7.80. The number of rotatable bonds is 5. The quantitative estimate of drug-likeness (QED) is 0.245. The van der Waals surface area contributed by atoms with E-state index in [-0.39, 0.29) is 12.1 Å². The molecule has 5 heterocycles. The van der Waals surface area contributed by atoms with Gasteiger partial charge in [0.1, 0.15) is 5.82 Å². The number of anilines is 2. The molecule has 1 aromatic carbocycles. The average Bonchev–Trinajstić information content (AvgIpc) is 3.43. The zero-order valence-corrected chi connectivity index (χ0v) is 25.9. The van der Waals surface area contributed by atoms with Crippen LogP contribution in [0.1, 0.15) is 60.6 Å². The van der Waals surface area contributed by atoms with Crippen molar-refractivity contribution < 1.29 is 0 Å². The normalized spacial score (nSPS) is 22.7. The molecule has 6 rings (SSSR count). The molecule has 41 heavy (non-hydrogen) atoms. The monoisotopic (exact) mass is 584 g/mol. The van der Waals surface area contributed by atoms with Gasteiger partial charge in [0.15, 0.2) is 5.11 Å². The zero-order chi connectivity index (χ0) is 28.8. The summed E-state index contributed by atoms with van der Waals surface area (Å²) in [6, 6.07) is 18.6. The first-order chi connectivity index (χ1) is 19.7. The van der Waals surface area contributed by atoms with Gasteiger partial charge in [0.05, 0.1) is 28.5 Å². The number of hydrogen-bond acceptors (Lipinski definition) is 4. The highest BCUT2D eigenvalue weighted by atomic mass is 35.5. The Hall–Kier alpha value is -3.42. The Morgan fingerprint density at radius 2 is 1.71 bits per heavy atom. The Balaban J connectivity index is 1.44. The van der Waals surface area contributed by atoms with E-state index in [1.807, 2.05) is 30.6 Å². The molecule has 6 nitrogen and oxygen atoms in total. The summed E-state index contributed by atoms with van der Waals surface area (Å²) in [4.78, 5) is 14.1. The maximum absolute atomic E-state index is 7.03. The lowest BCUT2D eigenvalue weighted by Crippen LogP contribution is -2.38. The van der Waals surface area contributed by atoms with Crippen LogP contribution in [0.4, 0.5) is 11.4 Å². The topological polar surface area (TPSA) is 49.2 Å². The lowest BCUT2D eigenvalue weighted by Gasteiger charge is -2.37. The zero-order valence-electron chi connectivity index (χ0n) is 24.3. The Labute approximate surface area is 253 Å². The largest absolute Gasteiger partial charge is 0.370 e. The summed E-state index contributed by atoms with van der Waals surface area (Å²) in [5.41, 5.74) is 7.60. The van der Waals surface area contributed by atoms with E-state index in [1.54, 1.807) is 0 Å². The minimum Gasteiger partial charge on any atom is -0.370 e. The Bertz CT molecular complexity index is 1570. The molecule has 3 aromatic heterocycles. The van der Waals surface area contributed by atoms with Gasteiger partial charge >= 0.3 is 0 Å². The van der Waals surface area contributed by atoms with Crippen molar-refractivity contribution in [2.75, 3.05) is 22.9 Å². The van der Waals surface area contributed by atoms with Crippen molar-refractivity contribution in [3.05, 3.63) is 100 Å². The van der Waals surface area contributed by atoms with E-state index >= 15 is 0 Å². The van der Waals surface area contributed by atoms with Crippen LogP contribution in [0.2, 0.25) is 5.02 Å². The van der Waals surface area contributed by atoms with Crippen LogP contribution in [0.5, 0.6) is 0 Å². The predicted octanol–water partition coefficient (Wildman–Crippen LogP) is 7.51. The molecule has 0 bridgehead atoms. The van der Waals surface area contributed by atoms with Gasteiger partial charge in [-0.3, -0.25) is 4.98 Å². The van der Waals surface area contributed by atoms with E-state index in [9.17, 15) is 0 Å². The lowest BCUT2D eigenvalue weighted by molar-refractivity contribution is 0.357. The van der Waals surface area contributed by atoms with Gasteiger partial charge in [-0.1, -0.05) is 31.5 Å². The summed E-state index contributed by atoms with van der Waals surface area (Å²) in [5.74, 6) is 2.20. The van der Waals surface area contributed by atoms with Gasteiger partial charge in [0, 0.05) is 42.6 Å². The summed E-state index contributed by atoms with van der Waals surface area (Å²) in [6.07, 6.45) is 4.96. The van der Waals surface area contributed by atoms with E-state index < -0.39 is 0 Å². The van der Waals surface area contributed by atoms with Crippen LogP contribution >= 0.6 is 23.8 Å². The third-order valence-corrected chi connectivity index (χ3v) is 9.05. The summed E-state index contributed by atoms with van der Waals surface area (Å²) < 4.78 is 2.23. The van der Waals surface area contributed by atoms with Gasteiger partial charge in [0.25, 0.3) is 0 Å². The molecule has 0 amide bonds. The molecular weight excluding hydrogens is 548 g/mol. The first kappa shape index (κ1) is 27.7. The lowest BCUT2D eigenvalue weighted by atomic mass is 9.91. The smallest absolute Gasteiger partial charge is 0.174 e. The fraction of sp³-hybridized carbons (Fsp3) is 0.364. The van der Waals surface area contributed by atoms with Crippen LogP contribution in [-0.2, 0) is 0 Å².